The van der Waals surface area contributed by atoms with Crippen molar-refractivity contribution in [3.63, 3.8) is 0 Å². The van der Waals surface area contributed by atoms with Crippen molar-refractivity contribution in [2.24, 2.45) is 0 Å². The maximum absolute atomic E-state index is 15.2. The Morgan fingerprint density at radius 3 is 2.11 bits per heavy atom. The molecular formula is C32H26F4O. The molecule has 0 aliphatic rings. The van der Waals surface area contributed by atoms with Crippen LogP contribution in [0.15, 0.2) is 91.0 Å². The molecule has 4 aromatic carbocycles. The number of rotatable bonds is 7. The minimum absolute atomic E-state index is 0.274. The molecule has 0 radical (unpaired) electrons. The van der Waals surface area contributed by atoms with Gasteiger partial charge in [-0.05, 0) is 91.1 Å². The summed E-state index contributed by atoms with van der Waals surface area (Å²) in [6, 6.07) is 22.9. The largest absolute Gasteiger partial charge is 0.573 e. The van der Waals surface area contributed by atoms with Crippen molar-refractivity contribution in [1.82, 2.24) is 0 Å². The van der Waals surface area contributed by atoms with Crippen LogP contribution in [0.25, 0.3) is 10.8 Å². The molecule has 0 heterocycles. The molecule has 0 aromatic heterocycles. The molecule has 0 fully saturated rings. The average Bonchev–Trinajstić information content (AvgIpc) is 2.88. The first-order valence-electron chi connectivity index (χ1n) is 12.1. The lowest BCUT2D eigenvalue weighted by molar-refractivity contribution is -0.274. The van der Waals surface area contributed by atoms with E-state index in [0.717, 1.165) is 34.9 Å². The molecular weight excluding hydrogens is 476 g/mol. The van der Waals surface area contributed by atoms with Gasteiger partial charge in [0, 0.05) is 16.5 Å². The topological polar surface area (TPSA) is 9.23 Å². The monoisotopic (exact) mass is 502 g/mol. The van der Waals surface area contributed by atoms with Crippen LogP contribution in [0.5, 0.6) is 5.75 Å². The molecule has 0 N–H and O–H groups in total. The minimum Gasteiger partial charge on any atom is -0.406 e. The summed E-state index contributed by atoms with van der Waals surface area (Å²) in [5.41, 5.74) is 4.35. The van der Waals surface area contributed by atoms with Crippen LogP contribution < -0.4 is 4.74 Å². The second-order valence-corrected chi connectivity index (χ2v) is 8.72. The molecule has 188 valence electrons. The van der Waals surface area contributed by atoms with Gasteiger partial charge >= 0.3 is 6.36 Å². The molecule has 0 unspecified atom stereocenters. The van der Waals surface area contributed by atoms with Crippen LogP contribution >= 0.6 is 0 Å². The van der Waals surface area contributed by atoms with Gasteiger partial charge in [-0.2, -0.15) is 0 Å². The fourth-order valence-electron chi connectivity index (χ4n) is 4.06. The predicted octanol–water partition coefficient (Wildman–Crippen LogP) is 8.57. The molecule has 0 bridgehead atoms. The lowest BCUT2D eigenvalue weighted by atomic mass is 9.99. The number of allylic oxidation sites excluding steroid dienone is 2. The number of hydrogen-bond acceptors (Lipinski definition) is 1. The minimum atomic E-state index is -4.72. The molecule has 5 heteroatoms. The molecule has 4 rings (SSSR count). The SMILES string of the molecule is C/C=C/CCc1ccc(C#Cc2ccc3c(F)c(CCc4ccc(OC(F)(F)F)cc4)ccc3c2)cc1. The van der Waals surface area contributed by atoms with Crippen molar-refractivity contribution < 1.29 is 22.3 Å². The molecule has 4 aromatic rings. The molecule has 1 nitrogen and oxygen atoms in total. The number of halogens is 4. The van der Waals surface area contributed by atoms with Gasteiger partial charge in [-0.1, -0.05) is 66.5 Å². The highest BCUT2D eigenvalue weighted by atomic mass is 19.4. The number of hydrogen-bond donors (Lipinski definition) is 0. The summed E-state index contributed by atoms with van der Waals surface area (Å²) >= 11 is 0. The normalized spacial score (nSPS) is 11.5. The van der Waals surface area contributed by atoms with E-state index >= 15 is 4.39 Å². The summed E-state index contributed by atoms with van der Waals surface area (Å²) in [4.78, 5) is 0. The molecule has 0 saturated carbocycles. The molecule has 0 spiro atoms. The number of alkyl halides is 3. The van der Waals surface area contributed by atoms with Crippen molar-refractivity contribution in [2.45, 2.75) is 39.0 Å². The smallest absolute Gasteiger partial charge is 0.406 e. The maximum atomic E-state index is 15.2. The highest BCUT2D eigenvalue weighted by Gasteiger charge is 2.30. The van der Waals surface area contributed by atoms with E-state index in [2.05, 4.69) is 40.9 Å². The van der Waals surface area contributed by atoms with Crippen LogP contribution in [0.2, 0.25) is 0 Å². The van der Waals surface area contributed by atoms with Crippen molar-refractivity contribution in [1.29, 1.82) is 0 Å². The summed E-state index contributed by atoms with van der Waals surface area (Å²) in [5.74, 6) is 5.77. The van der Waals surface area contributed by atoms with Gasteiger partial charge in [-0.25, -0.2) is 4.39 Å². The molecule has 0 atom stereocenters. The van der Waals surface area contributed by atoms with Crippen molar-refractivity contribution in [3.8, 4) is 17.6 Å². The third-order valence-corrected chi connectivity index (χ3v) is 6.01. The number of aryl methyl sites for hydroxylation is 3. The Kier molecular flexibility index (Phi) is 8.30. The van der Waals surface area contributed by atoms with Crippen molar-refractivity contribution in [3.05, 3.63) is 125 Å². The van der Waals surface area contributed by atoms with Crippen LogP contribution in [-0.4, -0.2) is 6.36 Å². The number of ether oxygens (including phenoxy) is 1. The average molecular weight is 503 g/mol. The van der Waals surface area contributed by atoms with E-state index in [0.29, 0.717) is 23.8 Å². The molecule has 0 aliphatic heterocycles. The molecule has 37 heavy (non-hydrogen) atoms. The Balaban J connectivity index is 1.42. The van der Waals surface area contributed by atoms with Gasteiger partial charge in [-0.15, -0.1) is 13.2 Å². The van der Waals surface area contributed by atoms with E-state index in [1.54, 1.807) is 24.3 Å². The van der Waals surface area contributed by atoms with Crippen molar-refractivity contribution >= 4 is 10.8 Å². The van der Waals surface area contributed by atoms with Crippen LogP contribution in [0, 0.1) is 17.7 Å². The lowest BCUT2D eigenvalue weighted by Gasteiger charge is -2.10. The summed E-state index contributed by atoms with van der Waals surface area (Å²) in [6.45, 7) is 2.02. The Morgan fingerprint density at radius 1 is 0.757 bits per heavy atom. The zero-order chi connectivity index (χ0) is 26.3. The summed E-state index contributed by atoms with van der Waals surface area (Å²) in [7, 11) is 0. The fraction of sp³-hybridized carbons (Fsp3) is 0.188. The Labute approximate surface area is 214 Å². The predicted molar refractivity (Wildman–Crippen MR) is 140 cm³/mol. The van der Waals surface area contributed by atoms with Gasteiger partial charge in [0.2, 0.25) is 0 Å². The van der Waals surface area contributed by atoms with Gasteiger partial charge in [0.1, 0.15) is 11.6 Å². The Hall–Kier alpha value is -4.04. The summed E-state index contributed by atoms with van der Waals surface area (Å²) < 4.78 is 56.0. The zero-order valence-corrected chi connectivity index (χ0v) is 20.4. The Morgan fingerprint density at radius 2 is 1.41 bits per heavy atom. The fourth-order valence-corrected chi connectivity index (χ4v) is 4.06. The summed E-state index contributed by atoms with van der Waals surface area (Å²) in [6.07, 6.45) is 2.42. The van der Waals surface area contributed by atoms with Crippen molar-refractivity contribution in [2.75, 3.05) is 0 Å². The van der Waals surface area contributed by atoms with E-state index in [1.807, 2.05) is 37.3 Å². The third kappa shape index (κ3) is 7.47. The zero-order valence-electron chi connectivity index (χ0n) is 20.4. The van der Waals surface area contributed by atoms with E-state index < -0.39 is 6.36 Å². The third-order valence-electron chi connectivity index (χ3n) is 6.01. The standard InChI is InChI=1S/C32H26F4O/c1-2-3-4-5-23-6-8-24(9-7-23)10-11-26-15-21-30-28(22-26)18-17-27(31(30)33)16-12-25-13-19-29(20-14-25)37-32(34,35)36/h2-3,6-9,13-15,17-22H,4-5,12,16H2,1H3/b3-2+. The summed E-state index contributed by atoms with van der Waals surface area (Å²) in [5, 5.41) is 1.28. The number of benzene rings is 4. The highest BCUT2D eigenvalue weighted by Crippen LogP contribution is 2.25. The maximum Gasteiger partial charge on any atom is 0.573 e. The second kappa shape index (κ2) is 11.8. The van der Waals surface area contributed by atoms with Gasteiger partial charge in [0.25, 0.3) is 0 Å². The van der Waals surface area contributed by atoms with Gasteiger partial charge in [0.05, 0.1) is 0 Å². The van der Waals surface area contributed by atoms with Gasteiger partial charge < -0.3 is 4.74 Å². The highest BCUT2D eigenvalue weighted by molar-refractivity contribution is 5.85. The first-order chi connectivity index (χ1) is 17.8. The Bertz CT molecular complexity index is 1440. The lowest BCUT2D eigenvalue weighted by Crippen LogP contribution is -2.17. The van der Waals surface area contributed by atoms with Gasteiger partial charge in [0.15, 0.2) is 0 Å². The second-order valence-electron chi connectivity index (χ2n) is 8.72. The molecule has 0 saturated heterocycles. The first kappa shape index (κ1) is 26.0. The van der Waals surface area contributed by atoms with E-state index in [9.17, 15) is 13.2 Å². The quantitative estimate of drug-likeness (QED) is 0.140. The van der Waals surface area contributed by atoms with E-state index in [1.165, 1.54) is 17.7 Å². The van der Waals surface area contributed by atoms with Crippen LogP contribution in [0.1, 0.15) is 41.2 Å². The van der Waals surface area contributed by atoms with Crippen LogP contribution in [0.4, 0.5) is 17.6 Å². The molecule has 0 amide bonds. The van der Waals surface area contributed by atoms with E-state index in [4.69, 9.17) is 0 Å². The van der Waals surface area contributed by atoms with Crippen LogP contribution in [0.3, 0.4) is 0 Å². The molecule has 0 aliphatic carbocycles. The van der Waals surface area contributed by atoms with Gasteiger partial charge in [-0.3, -0.25) is 0 Å². The number of fused-ring (bicyclic) bond motifs is 1. The van der Waals surface area contributed by atoms with E-state index in [-0.39, 0.29) is 11.6 Å². The first-order valence-corrected chi connectivity index (χ1v) is 12.1. The van der Waals surface area contributed by atoms with Crippen LogP contribution in [-0.2, 0) is 19.3 Å².